The number of hydrogen-bond donors (Lipinski definition) is 3. The summed E-state index contributed by atoms with van der Waals surface area (Å²) in [5.41, 5.74) is 7.36. The first kappa shape index (κ1) is 23.7. The van der Waals surface area contributed by atoms with Crippen molar-refractivity contribution < 1.29 is 32.3 Å². The van der Waals surface area contributed by atoms with Crippen molar-refractivity contribution in [3.8, 4) is 5.75 Å². The largest absolute Gasteiger partial charge is 0.573 e. The number of nitrogens with one attached hydrogen (secondary N) is 3. The summed E-state index contributed by atoms with van der Waals surface area (Å²) >= 11 is 2.82. The van der Waals surface area contributed by atoms with Gasteiger partial charge in [0.1, 0.15) is 12.9 Å². The Labute approximate surface area is 189 Å². The molecule has 1 aromatic heterocycles. The Morgan fingerprint density at radius 2 is 1.88 bits per heavy atom. The van der Waals surface area contributed by atoms with Crippen molar-refractivity contribution in [1.29, 1.82) is 0 Å². The summed E-state index contributed by atoms with van der Waals surface area (Å²) in [7, 11) is 1.47. The van der Waals surface area contributed by atoms with E-state index in [1.54, 1.807) is 0 Å². The first-order chi connectivity index (χ1) is 15.2. The summed E-state index contributed by atoms with van der Waals surface area (Å²) in [5, 5.41) is 6.48. The second kappa shape index (κ2) is 10.1. The van der Waals surface area contributed by atoms with Gasteiger partial charge in [-0.3, -0.25) is 10.2 Å². The quantitative estimate of drug-likeness (QED) is 0.424. The molecule has 3 rings (SSSR count). The number of halogens is 3. The molecule has 1 aliphatic rings. The van der Waals surface area contributed by atoms with Gasteiger partial charge in [0.15, 0.2) is 0 Å². The molecule has 3 amide bonds. The lowest BCUT2D eigenvalue weighted by molar-refractivity contribution is -0.274. The summed E-state index contributed by atoms with van der Waals surface area (Å²) in [5.74, 6) is -0.894. The van der Waals surface area contributed by atoms with Crippen LogP contribution in [0.3, 0.4) is 0 Å². The number of fused-ring (bicyclic) bond motifs is 1. The number of oxime groups is 1. The molecule has 2 aromatic rings. The molecule has 0 fully saturated rings. The van der Waals surface area contributed by atoms with E-state index < -0.39 is 24.1 Å². The molecule has 1 heterocycles. The highest BCUT2D eigenvalue weighted by atomic mass is 32.2. The standard InChI is InChI=1S/C19H19F3N4O4S2/c1-29-26-13-5-3-4-12-14(13)17(31-2)32-15(12)16(27)24-25-18(28)23-10-6-8-11(9-7-10)30-19(20,21)22/h6-9H,3-5H2,1-2H3,(H,24,27)(H2,23,25,28)/b26-13-. The van der Waals surface area contributed by atoms with E-state index in [-0.39, 0.29) is 5.69 Å². The predicted molar refractivity (Wildman–Crippen MR) is 115 cm³/mol. The van der Waals surface area contributed by atoms with Gasteiger partial charge >= 0.3 is 12.4 Å². The molecule has 1 aromatic carbocycles. The number of rotatable bonds is 5. The number of carbonyl (C=O) groups excluding carboxylic acids is 2. The Bertz CT molecular complexity index is 1020. The minimum absolute atomic E-state index is 0.213. The third kappa shape index (κ3) is 5.85. The van der Waals surface area contributed by atoms with Gasteiger partial charge < -0.3 is 14.9 Å². The highest BCUT2D eigenvalue weighted by molar-refractivity contribution is 8.00. The molecule has 13 heteroatoms. The molecule has 0 bridgehead atoms. The molecule has 0 spiro atoms. The molecular weight excluding hydrogens is 469 g/mol. The molecular formula is C19H19F3N4O4S2. The zero-order chi connectivity index (χ0) is 23.3. The van der Waals surface area contributed by atoms with Gasteiger partial charge in [0, 0.05) is 11.3 Å². The van der Waals surface area contributed by atoms with Crippen LogP contribution in [0.2, 0.25) is 0 Å². The Morgan fingerprint density at radius 1 is 1.16 bits per heavy atom. The second-order valence-corrected chi connectivity index (χ2v) is 8.55. The van der Waals surface area contributed by atoms with E-state index in [4.69, 9.17) is 4.84 Å². The third-order valence-corrected chi connectivity index (χ3v) is 6.68. The molecule has 0 saturated carbocycles. The van der Waals surface area contributed by atoms with E-state index in [2.05, 4.69) is 26.1 Å². The average molecular weight is 489 g/mol. The number of anilines is 1. The molecule has 32 heavy (non-hydrogen) atoms. The van der Waals surface area contributed by atoms with Crippen molar-refractivity contribution in [3.63, 3.8) is 0 Å². The van der Waals surface area contributed by atoms with Gasteiger partial charge in [0.2, 0.25) is 0 Å². The molecule has 0 unspecified atom stereocenters. The number of benzene rings is 1. The maximum Gasteiger partial charge on any atom is 0.573 e. The Kier molecular flexibility index (Phi) is 7.51. The Hall–Kier alpha value is -2.93. The number of hydrazine groups is 1. The SMILES string of the molecule is CO/N=C1/CCCc2c(C(=O)NNC(=O)Nc3ccc(OC(F)(F)F)cc3)sc(SC)c21. The van der Waals surface area contributed by atoms with Crippen LogP contribution in [0.5, 0.6) is 5.75 Å². The van der Waals surface area contributed by atoms with Crippen molar-refractivity contribution in [1.82, 2.24) is 10.9 Å². The summed E-state index contributed by atoms with van der Waals surface area (Å²) < 4.78 is 41.3. The van der Waals surface area contributed by atoms with Gasteiger partial charge in [-0.1, -0.05) is 5.16 Å². The summed E-state index contributed by atoms with van der Waals surface area (Å²) in [6, 6.07) is 3.82. The smallest absolute Gasteiger partial charge is 0.406 e. The van der Waals surface area contributed by atoms with Crippen LogP contribution in [0.25, 0.3) is 0 Å². The van der Waals surface area contributed by atoms with Crippen LogP contribution in [0.4, 0.5) is 23.7 Å². The molecule has 1 aliphatic carbocycles. The van der Waals surface area contributed by atoms with Crippen molar-refractivity contribution in [3.05, 3.63) is 40.3 Å². The van der Waals surface area contributed by atoms with E-state index in [0.29, 0.717) is 11.3 Å². The monoisotopic (exact) mass is 488 g/mol. The number of ether oxygens (including phenoxy) is 1. The maximum atomic E-state index is 12.7. The number of carbonyl (C=O) groups is 2. The van der Waals surface area contributed by atoms with Crippen LogP contribution in [0, 0.1) is 0 Å². The minimum atomic E-state index is -4.80. The molecule has 0 saturated heterocycles. The fourth-order valence-electron chi connectivity index (χ4n) is 3.13. The molecule has 0 aliphatic heterocycles. The number of nitrogens with zero attached hydrogens (tertiary/aromatic N) is 1. The highest BCUT2D eigenvalue weighted by Gasteiger charge is 2.31. The number of thiophene rings is 1. The summed E-state index contributed by atoms with van der Waals surface area (Å²) in [6.07, 6.45) is -0.620. The van der Waals surface area contributed by atoms with Gasteiger partial charge in [-0.2, -0.15) is 0 Å². The average Bonchev–Trinajstić information content (AvgIpc) is 3.12. The lowest BCUT2D eigenvalue weighted by atomic mass is 9.92. The van der Waals surface area contributed by atoms with E-state index in [9.17, 15) is 22.8 Å². The van der Waals surface area contributed by atoms with Crippen molar-refractivity contribution >= 4 is 46.4 Å². The highest BCUT2D eigenvalue weighted by Crippen LogP contribution is 2.39. The molecule has 172 valence electrons. The van der Waals surface area contributed by atoms with Gasteiger partial charge in [-0.25, -0.2) is 10.2 Å². The molecule has 0 atom stereocenters. The van der Waals surface area contributed by atoms with Crippen molar-refractivity contribution in [2.75, 3.05) is 18.7 Å². The normalized spacial score (nSPS) is 14.5. The van der Waals surface area contributed by atoms with Crippen LogP contribution in [0.1, 0.15) is 33.6 Å². The lowest BCUT2D eigenvalue weighted by Gasteiger charge is -2.16. The van der Waals surface area contributed by atoms with Crippen LogP contribution in [-0.4, -0.2) is 37.4 Å². The number of hydrogen-bond acceptors (Lipinski definition) is 7. The van der Waals surface area contributed by atoms with Gasteiger partial charge in [0.25, 0.3) is 5.91 Å². The van der Waals surface area contributed by atoms with Crippen molar-refractivity contribution in [2.24, 2.45) is 5.16 Å². The van der Waals surface area contributed by atoms with Gasteiger partial charge in [-0.15, -0.1) is 36.3 Å². The molecule has 3 N–H and O–H groups in total. The second-order valence-electron chi connectivity index (χ2n) is 6.46. The minimum Gasteiger partial charge on any atom is -0.406 e. The van der Waals surface area contributed by atoms with E-state index in [1.807, 2.05) is 6.26 Å². The van der Waals surface area contributed by atoms with E-state index in [1.165, 1.54) is 42.3 Å². The van der Waals surface area contributed by atoms with Crippen molar-refractivity contribution in [2.45, 2.75) is 29.8 Å². The summed E-state index contributed by atoms with van der Waals surface area (Å²) in [4.78, 5) is 30.2. The lowest BCUT2D eigenvalue weighted by Crippen LogP contribution is -2.44. The maximum absolute atomic E-state index is 12.7. The predicted octanol–water partition coefficient (Wildman–Crippen LogP) is 4.52. The van der Waals surface area contributed by atoms with Crippen LogP contribution < -0.4 is 20.9 Å². The molecule has 0 radical (unpaired) electrons. The molecule has 8 nitrogen and oxygen atoms in total. The topological polar surface area (TPSA) is 101 Å². The summed E-state index contributed by atoms with van der Waals surface area (Å²) in [6.45, 7) is 0. The first-order valence-electron chi connectivity index (χ1n) is 9.25. The number of alkyl halides is 3. The zero-order valence-corrected chi connectivity index (χ0v) is 18.6. The van der Waals surface area contributed by atoms with E-state index >= 15 is 0 Å². The van der Waals surface area contributed by atoms with Crippen LogP contribution in [0.15, 0.2) is 33.6 Å². The van der Waals surface area contributed by atoms with Gasteiger partial charge in [-0.05, 0) is 55.3 Å². The Balaban J connectivity index is 1.62. The first-order valence-corrected chi connectivity index (χ1v) is 11.3. The van der Waals surface area contributed by atoms with Crippen LogP contribution in [-0.2, 0) is 11.3 Å². The van der Waals surface area contributed by atoms with Gasteiger partial charge in [0.05, 0.1) is 14.8 Å². The third-order valence-electron chi connectivity index (χ3n) is 4.33. The Morgan fingerprint density at radius 3 is 2.50 bits per heavy atom. The fourth-order valence-corrected chi connectivity index (χ4v) is 5.16. The number of amides is 3. The fraction of sp³-hybridized carbons (Fsp3) is 0.316. The van der Waals surface area contributed by atoms with Crippen LogP contribution >= 0.6 is 23.1 Å². The zero-order valence-electron chi connectivity index (χ0n) is 17.0. The van der Waals surface area contributed by atoms with E-state index in [0.717, 1.165) is 46.0 Å². The number of urea groups is 1. The number of thioether (sulfide) groups is 1.